The van der Waals surface area contributed by atoms with E-state index in [0.29, 0.717) is 25.5 Å². The quantitative estimate of drug-likeness (QED) is 0.646. The lowest BCUT2D eigenvalue weighted by Crippen LogP contribution is -2.31. The molecule has 0 atom stereocenters. The summed E-state index contributed by atoms with van der Waals surface area (Å²) in [7, 11) is -3.54. The molecule has 2 aromatic rings. The summed E-state index contributed by atoms with van der Waals surface area (Å²) in [5.74, 6) is -0.0830. The van der Waals surface area contributed by atoms with Crippen LogP contribution in [0.4, 0.5) is 0 Å². The molecule has 10 heteroatoms. The molecule has 2 heterocycles. The summed E-state index contributed by atoms with van der Waals surface area (Å²) in [5.41, 5.74) is 0.282. The number of carbonyl (C=O) groups is 1. The van der Waals surface area contributed by atoms with E-state index < -0.39 is 16.0 Å². The van der Waals surface area contributed by atoms with Crippen molar-refractivity contribution in [2.75, 3.05) is 13.1 Å². The largest absolute Gasteiger partial charge is 0.454 e. The Morgan fingerprint density at radius 1 is 1.11 bits per heavy atom. The first kappa shape index (κ1) is 20.4. The van der Waals surface area contributed by atoms with Crippen LogP contribution in [0.25, 0.3) is 0 Å². The van der Waals surface area contributed by atoms with Gasteiger partial charge in [-0.25, -0.2) is 17.9 Å². The summed E-state index contributed by atoms with van der Waals surface area (Å²) < 4.78 is 33.9. The lowest BCUT2D eigenvalue weighted by Gasteiger charge is -2.19. The second-order valence-corrected chi connectivity index (χ2v) is 8.67. The van der Waals surface area contributed by atoms with E-state index in [0.717, 1.165) is 32.1 Å². The van der Waals surface area contributed by atoms with Gasteiger partial charge in [0.05, 0.1) is 10.5 Å². The number of aromatic nitrogens is 4. The van der Waals surface area contributed by atoms with Crippen LogP contribution in [0.5, 0.6) is 0 Å². The minimum atomic E-state index is -3.54. The molecule has 1 aromatic carbocycles. The van der Waals surface area contributed by atoms with Crippen LogP contribution in [0.1, 0.15) is 55.2 Å². The smallest absolute Gasteiger partial charge is 0.338 e. The van der Waals surface area contributed by atoms with Gasteiger partial charge in [-0.1, -0.05) is 19.8 Å². The number of rotatable bonds is 7. The number of carbonyl (C=O) groups excluding carboxylic acids is 1. The van der Waals surface area contributed by atoms with E-state index in [4.69, 9.17) is 4.74 Å². The molecule has 0 unspecified atom stereocenters. The highest BCUT2D eigenvalue weighted by Crippen LogP contribution is 2.21. The van der Waals surface area contributed by atoms with Crippen molar-refractivity contribution < 1.29 is 17.9 Å². The molecule has 1 aromatic heterocycles. The number of tetrazole rings is 1. The zero-order chi connectivity index (χ0) is 20.0. The predicted octanol–water partition coefficient (Wildman–Crippen LogP) is 2.00. The number of hydrogen-bond acceptors (Lipinski definition) is 7. The summed E-state index contributed by atoms with van der Waals surface area (Å²) in [4.78, 5) is 12.4. The van der Waals surface area contributed by atoms with Crippen molar-refractivity contribution >= 4 is 16.0 Å². The Bertz CT molecular complexity index is 887. The number of benzene rings is 1. The molecule has 9 nitrogen and oxygen atoms in total. The Morgan fingerprint density at radius 2 is 1.79 bits per heavy atom. The minimum Gasteiger partial charge on any atom is -0.454 e. The molecule has 1 saturated heterocycles. The average molecular weight is 407 g/mol. The van der Waals surface area contributed by atoms with E-state index in [1.807, 2.05) is 6.92 Å². The molecule has 0 saturated carbocycles. The molecule has 152 valence electrons. The summed E-state index contributed by atoms with van der Waals surface area (Å²) in [6, 6.07) is 5.86. The van der Waals surface area contributed by atoms with Crippen molar-refractivity contribution in [1.82, 2.24) is 24.5 Å². The highest BCUT2D eigenvalue weighted by Gasteiger charge is 2.25. The van der Waals surface area contributed by atoms with Gasteiger partial charge >= 0.3 is 5.97 Å². The highest BCUT2D eigenvalue weighted by atomic mass is 32.2. The SMILES string of the molecule is CCCn1nnnc1COC(=O)c1ccc(S(=O)(=O)N2CCCCCC2)cc1. The van der Waals surface area contributed by atoms with E-state index in [9.17, 15) is 13.2 Å². The maximum Gasteiger partial charge on any atom is 0.338 e. The molecule has 0 bridgehead atoms. The molecular formula is C18H25N5O4S. The lowest BCUT2D eigenvalue weighted by atomic mass is 10.2. The van der Waals surface area contributed by atoms with Crippen molar-refractivity contribution in [1.29, 1.82) is 0 Å². The van der Waals surface area contributed by atoms with Crippen LogP contribution in [-0.2, 0) is 27.9 Å². The molecule has 0 spiro atoms. The zero-order valence-electron chi connectivity index (χ0n) is 16.0. The van der Waals surface area contributed by atoms with Crippen LogP contribution >= 0.6 is 0 Å². The third-order valence-corrected chi connectivity index (χ3v) is 6.58. The van der Waals surface area contributed by atoms with E-state index >= 15 is 0 Å². The normalized spacial score (nSPS) is 15.9. The average Bonchev–Trinajstić information content (AvgIpc) is 2.96. The Balaban J connectivity index is 1.64. The highest BCUT2D eigenvalue weighted by molar-refractivity contribution is 7.89. The summed E-state index contributed by atoms with van der Waals surface area (Å²) in [6.45, 7) is 3.68. The molecule has 0 radical (unpaired) electrons. The van der Waals surface area contributed by atoms with E-state index in [1.165, 1.54) is 28.6 Å². The second kappa shape index (κ2) is 9.24. The topological polar surface area (TPSA) is 107 Å². The molecule has 1 fully saturated rings. The first-order chi connectivity index (χ1) is 13.5. The van der Waals surface area contributed by atoms with Crippen LogP contribution < -0.4 is 0 Å². The number of ether oxygens (including phenoxy) is 1. The molecule has 0 amide bonds. The predicted molar refractivity (Wildman–Crippen MR) is 101 cm³/mol. The Kier molecular flexibility index (Phi) is 6.74. The maximum atomic E-state index is 12.8. The minimum absolute atomic E-state index is 0.0420. The van der Waals surface area contributed by atoms with Gasteiger partial charge in [-0.15, -0.1) is 5.10 Å². The summed E-state index contributed by atoms with van der Waals surface area (Å²) >= 11 is 0. The first-order valence-corrected chi connectivity index (χ1v) is 11.0. The van der Waals surface area contributed by atoms with Crippen molar-refractivity contribution in [2.45, 2.75) is 57.1 Å². The lowest BCUT2D eigenvalue weighted by molar-refractivity contribution is 0.0456. The van der Waals surface area contributed by atoms with Gasteiger partial charge in [0.15, 0.2) is 12.4 Å². The van der Waals surface area contributed by atoms with Gasteiger partial charge in [-0.3, -0.25) is 0 Å². The number of esters is 1. The summed E-state index contributed by atoms with van der Waals surface area (Å²) in [6.07, 6.45) is 4.72. The molecule has 0 aliphatic carbocycles. The van der Waals surface area contributed by atoms with Crippen LogP contribution in [-0.4, -0.2) is 52.0 Å². The summed E-state index contributed by atoms with van der Waals surface area (Å²) in [5, 5.41) is 11.3. The molecule has 3 rings (SSSR count). The van der Waals surface area contributed by atoms with Gasteiger partial charge in [0.2, 0.25) is 10.0 Å². The molecule has 0 N–H and O–H groups in total. The molecule has 1 aliphatic heterocycles. The van der Waals surface area contributed by atoms with E-state index in [-0.39, 0.29) is 17.1 Å². The van der Waals surface area contributed by atoms with Crippen LogP contribution in [0.3, 0.4) is 0 Å². The third-order valence-electron chi connectivity index (χ3n) is 4.67. The maximum absolute atomic E-state index is 12.8. The van der Waals surface area contributed by atoms with Crippen molar-refractivity contribution in [2.24, 2.45) is 0 Å². The third kappa shape index (κ3) is 4.74. The Morgan fingerprint density at radius 3 is 2.43 bits per heavy atom. The van der Waals surface area contributed by atoms with E-state index in [2.05, 4.69) is 15.5 Å². The van der Waals surface area contributed by atoms with Gasteiger partial charge in [0.25, 0.3) is 0 Å². The monoisotopic (exact) mass is 407 g/mol. The van der Waals surface area contributed by atoms with Crippen LogP contribution in [0.2, 0.25) is 0 Å². The van der Waals surface area contributed by atoms with Crippen LogP contribution in [0, 0.1) is 0 Å². The molecule has 28 heavy (non-hydrogen) atoms. The fourth-order valence-corrected chi connectivity index (χ4v) is 4.64. The van der Waals surface area contributed by atoms with E-state index in [1.54, 1.807) is 4.68 Å². The number of hydrogen-bond donors (Lipinski definition) is 0. The fraction of sp³-hybridized carbons (Fsp3) is 0.556. The van der Waals surface area contributed by atoms with Gasteiger partial charge < -0.3 is 4.74 Å². The molecular weight excluding hydrogens is 382 g/mol. The second-order valence-electron chi connectivity index (χ2n) is 6.74. The molecule has 1 aliphatic rings. The Hall–Kier alpha value is -2.33. The number of aryl methyl sites for hydroxylation is 1. The fourth-order valence-electron chi connectivity index (χ4n) is 3.12. The Labute approximate surface area is 164 Å². The van der Waals surface area contributed by atoms with Crippen molar-refractivity contribution in [3.8, 4) is 0 Å². The van der Waals surface area contributed by atoms with Gasteiger partial charge in [0, 0.05) is 19.6 Å². The standard InChI is InChI=1S/C18H25N5O4S/c1-2-11-23-17(19-20-21-23)14-27-18(24)15-7-9-16(10-8-15)28(25,26)22-12-5-3-4-6-13-22/h7-10H,2-6,11-14H2,1H3. The van der Waals surface area contributed by atoms with Gasteiger partial charge in [0.1, 0.15) is 0 Å². The van der Waals surface area contributed by atoms with Gasteiger partial charge in [-0.2, -0.15) is 4.31 Å². The zero-order valence-corrected chi connectivity index (χ0v) is 16.8. The van der Waals surface area contributed by atoms with Crippen molar-refractivity contribution in [3.05, 3.63) is 35.7 Å². The van der Waals surface area contributed by atoms with Crippen molar-refractivity contribution in [3.63, 3.8) is 0 Å². The van der Waals surface area contributed by atoms with Gasteiger partial charge in [-0.05, 0) is 54.0 Å². The van der Waals surface area contributed by atoms with Crippen LogP contribution in [0.15, 0.2) is 29.2 Å². The number of nitrogens with zero attached hydrogens (tertiary/aromatic N) is 5. The number of sulfonamides is 1. The first-order valence-electron chi connectivity index (χ1n) is 9.54.